The third-order valence-corrected chi connectivity index (χ3v) is 9.56. The van der Waals surface area contributed by atoms with Crippen LogP contribution in [0.3, 0.4) is 0 Å². The van der Waals surface area contributed by atoms with Crippen LogP contribution in [0.5, 0.6) is 0 Å². The number of nitrogens with zero attached hydrogens (tertiary/aromatic N) is 1. The molecular formula is C32H30N4O5S2. The van der Waals surface area contributed by atoms with Gasteiger partial charge in [0.25, 0.3) is 0 Å². The van der Waals surface area contributed by atoms with Crippen LogP contribution in [0, 0.1) is 20.8 Å². The number of amides is 2. The molecule has 0 unspecified atom stereocenters. The van der Waals surface area contributed by atoms with E-state index in [0.29, 0.717) is 27.5 Å². The Labute approximate surface area is 253 Å². The Hall–Kier alpha value is -4.58. The van der Waals surface area contributed by atoms with Crippen molar-refractivity contribution < 1.29 is 23.1 Å². The lowest BCUT2D eigenvalue weighted by Gasteiger charge is -2.18. The first kappa shape index (κ1) is 29.9. The number of sulfonamides is 1. The number of rotatable bonds is 9. The highest BCUT2D eigenvalue weighted by molar-refractivity contribution is 7.89. The Morgan fingerprint density at radius 3 is 2.23 bits per heavy atom. The zero-order chi connectivity index (χ0) is 30.7. The molecule has 4 N–H and O–H groups in total. The summed E-state index contributed by atoms with van der Waals surface area (Å²) in [5, 5.41) is 15.9. The van der Waals surface area contributed by atoms with Crippen LogP contribution in [0.25, 0.3) is 21.3 Å². The van der Waals surface area contributed by atoms with Crippen LogP contribution in [0.1, 0.15) is 22.3 Å². The number of thiazole rings is 1. The average Bonchev–Trinajstić information content (AvgIpc) is 3.34. The smallest absolute Gasteiger partial charge is 0.325 e. The lowest BCUT2D eigenvalue weighted by molar-refractivity contribution is -0.138. The van der Waals surface area contributed by atoms with E-state index in [1.807, 2.05) is 61.5 Å². The molecule has 220 valence electrons. The molecule has 0 aliphatic carbocycles. The summed E-state index contributed by atoms with van der Waals surface area (Å²) >= 11 is 1.39. The molecule has 0 spiro atoms. The second kappa shape index (κ2) is 12.3. The maximum atomic E-state index is 13.2. The van der Waals surface area contributed by atoms with Crippen LogP contribution in [-0.2, 0) is 21.2 Å². The summed E-state index contributed by atoms with van der Waals surface area (Å²) in [6, 6.07) is 23.9. The molecule has 5 rings (SSSR count). The van der Waals surface area contributed by atoms with Gasteiger partial charge < -0.3 is 10.4 Å². The molecule has 0 bridgehead atoms. The number of carbonyl (C=O) groups excluding carboxylic acids is 1. The van der Waals surface area contributed by atoms with Crippen molar-refractivity contribution in [3.63, 3.8) is 0 Å². The number of aryl methyl sites for hydroxylation is 3. The maximum Gasteiger partial charge on any atom is 0.325 e. The molecule has 0 aliphatic rings. The molecule has 0 aliphatic heterocycles. The Kier molecular flexibility index (Phi) is 8.58. The van der Waals surface area contributed by atoms with E-state index in [0.717, 1.165) is 26.9 Å². The number of para-hydroxylation sites is 1. The van der Waals surface area contributed by atoms with Crippen molar-refractivity contribution in [2.75, 3.05) is 10.6 Å². The minimum atomic E-state index is -4.07. The van der Waals surface area contributed by atoms with Gasteiger partial charge in [0.1, 0.15) is 6.04 Å². The van der Waals surface area contributed by atoms with Crippen LogP contribution < -0.4 is 15.4 Å². The number of carboxylic acid groups (broad SMARTS) is 1. The zero-order valence-electron chi connectivity index (χ0n) is 23.7. The Balaban J connectivity index is 1.26. The molecule has 9 nitrogen and oxygen atoms in total. The van der Waals surface area contributed by atoms with Gasteiger partial charge in [-0.1, -0.05) is 77.6 Å². The number of hydrogen-bond donors (Lipinski definition) is 4. The predicted molar refractivity (Wildman–Crippen MR) is 170 cm³/mol. The molecule has 1 heterocycles. The van der Waals surface area contributed by atoms with Crippen molar-refractivity contribution in [3.8, 4) is 11.1 Å². The summed E-state index contributed by atoms with van der Waals surface area (Å²) in [6.45, 7) is 5.27. The number of anilines is 2. The highest BCUT2D eigenvalue weighted by Crippen LogP contribution is 2.27. The number of hydrogen-bond acceptors (Lipinski definition) is 6. The van der Waals surface area contributed by atoms with Crippen LogP contribution >= 0.6 is 11.3 Å². The standard InChI is InChI=1S/C32H30N4O5S2/c1-19-15-20(2)29(21(3)16-19)43(40,41)36-27(30(37)38)17-22-11-13-23(14-12-22)24-7-6-8-25(18-24)33-31(39)35-32-34-26-9-4-5-10-28(26)42-32/h4-16,18,27,36H,17H2,1-3H3,(H,37,38)(H2,33,34,35,39)/t27-/m0/s1. The van der Waals surface area contributed by atoms with Gasteiger partial charge in [-0.3, -0.25) is 10.1 Å². The largest absolute Gasteiger partial charge is 0.480 e. The Morgan fingerprint density at radius 2 is 1.56 bits per heavy atom. The molecule has 0 radical (unpaired) electrons. The molecule has 0 fully saturated rings. The molecular weight excluding hydrogens is 585 g/mol. The normalized spacial score (nSPS) is 12.2. The highest BCUT2D eigenvalue weighted by Gasteiger charge is 2.28. The quantitative estimate of drug-likeness (QED) is 0.149. The molecule has 0 saturated carbocycles. The summed E-state index contributed by atoms with van der Waals surface area (Å²) < 4.78 is 29.7. The second-order valence-electron chi connectivity index (χ2n) is 10.3. The van der Waals surface area contributed by atoms with E-state index < -0.39 is 28.1 Å². The average molecular weight is 615 g/mol. The molecule has 43 heavy (non-hydrogen) atoms. The van der Waals surface area contributed by atoms with Gasteiger partial charge in [0.2, 0.25) is 10.0 Å². The van der Waals surface area contributed by atoms with Gasteiger partial charge in [-0.25, -0.2) is 18.2 Å². The predicted octanol–water partition coefficient (Wildman–Crippen LogP) is 6.51. The van der Waals surface area contributed by atoms with Crippen molar-refractivity contribution in [2.24, 2.45) is 0 Å². The molecule has 0 saturated heterocycles. The topological polar surface area (TPSA) is 137 Å². The van der Waals surface area contributed by atoms with Crippen molar-refractivity contribution in [2.45, 2.75) is 38.1 Å². The number of fused-ring (bicyclic) bond motifs is 1. The third-order valence-electron chi connectivity index (χ3n) is 6.83. The van der Waals surface area contributed by atoms with E-state index in [1.165, 1.54) is 11.3 Å². The van der Waals surface area contributed by atoms with Crippen molar-refractivity contribution in [1.29, 1.82) is 0 Å². The minimum Gasteiger partial charge on any atom is -0.480 e. The second-order valence-corrected chi connectivity index (χ2v) is 13.0. The monoisotopic (exact) mass is 614 g/mol. The fourth-order valence-electron chi connectivity index (χ4n) is 5.05. The van der Waals surface area contributed by atoms with Crippen molar-refractivity contribution >= 4 is 54.4 Å². The summed E-state index contributed by atoms with van der Waals surface area (Å²) in [5.41, 5.74) is 5.79. The van der Waals surface area contributed by atoms with Gasteiger partial charge in [0.05, 0.1) is 15.1 Å². The van der Waals surface area contributed by atoms with Gasteiger partial charge in [0, 0.05) is 5.69 Å². The number of carboxylic acids is 1. The van der Waals surface area contributed by atoms with Crippen LogP contribution in [0.4, 0.5) is 15.6 Å². The number of benzene rings is 4. The minimum absolute atomic E-state index is 0.0354. The van der Waals surface area contributed by atoms with Gasteiger partial charge in [-0.05, 0) is 79.3 Å². The first-order valence-electron chi connectivity index (χ1n) is 13.4. The van der Waals surface area contributed by atoms with Crippen LogP contribution in [0.2, 0.25) is 0 Å². The summed E-state index contributed by atoms with van der Waals surface area (Å²) in [5.74, 6) is -1.27. The number of aromatic nitrogens is 1. The lowest BCUT2D eigenvalue weighted by Crippen LogP contribution is -2.42. The van der Waals surface area contributed by atoms with Gasteiger partial charge in [-0.2, -0.15) is 4.72 Å². The molecule has 1 atom stereocenters. The number of urea groups is 1. The number of carbonyl (C=O) groups is 2. The molecule has 1 aromatic heterocycles. The van der Waals surface area contributed by atoms with E-state index in [4.69, 9.17) is 0 Å². The first-order chi connectivity index (χ1) is 20.5. The summed E-state index contributed by atoms with van der Waals surface area (Å²) in [6.07, 6.45) is -0.0354. The Bertz CT molecular complexity index is 1880. The summed E-state index contributed by atoms with van der Waals surface area (Å²) in [7, 11) is -4.07. The Morgan fingerprint density at radius 1 is 0.860 bits per heavy atom. The van der Waals surface area contributed by atoms with E-state index in [-0.39, 0.29) is 11.3 Å². The van der Waals surface area contributed by atoms with E-state index in [2.05, 4.69) is 20.3 Å². The zero-order valence-corrected chi connectivity index (χ0v) is 25.3. The summed E-state index contributed by atoms with van der Waals surface area (Å²) in [4.78, 5) is 29.2. The SMILES string of the molecule is Cc1cc(C)c(S(=O)(=O)N[C@@H](Cc2ccc(-c3cccc(NC(=O)Nc4nc5ccccc5s4)c3)cc2)C(=O)O)c(C)c1. The van der Waals surface area contributed by atoms with E-state index in [9.17, 15) is 23.1 Å². The van der Waals surface area contributed by atoms with Gasteiger partial charge >= 0.3 is 12.0 Å². The fourth-order valence-corrected chi connectivity index (χ4v) is 7.55. The highest BCUT2D eigenvalue weighted by atomic mass is 32.2. The van der Waals surface area contributed by atoms with E-state index in [1.54, 1.807) is 44.2 Å². The lowest BCUT2D eigenvalue weighted by atomic mass is 10.0. The number of nitrogens with one attached hydrogen (secondary N) is 3. The van der Waals surface area contributed by atoms with Gasteiger partial charge in [0.15, 0.2) is 5.13 Å². The van der Waals surface area contributed by atoms with Gasteiger partial charge in [-0.15, -0.1) is 0 Å². The molecule has 5 aromatic rings. The molecule has 2 amide bonds. The first-order valence-corrected chi connectivity index (χ1v) is 15.7. The number of aliphatic carboxylic acids is 1. The molecule has 11 heteroatoms. The fraction of sp³-hybridized carbons (Fsp3) is 0.156. The third kappa shape index (κ3) is 7.08. The maximum absolute atomic E-state index is 13.2. The van der Waals surface area contributed by atoms with Crippen molar-refractivity contribution in [1.82, 2.24) is 9.71 Å². The van der Waals surface area contributed by atoms with Crippen molar-refractivity contribution in [3.05, 3.63) is 107 Å². The molecule has 4 aromatic carbocycles. The van der Waals surface area contributed by atoms with Crippen LogP contribution in [0.15, 0.2) is 89.8 Å². The van der Waals surface area contributed by atoms with Crippen LogP contribution in [-0.4, -0.2) is 36.6 Å². The van der Waals surface area contributed by atoms with E-state index >= 15 is 0 Å².